The first-order valence-corrected chi connectivity index (χ1v) is 10.2. The lowest BCUT2D eigenvalue weighted by Gasteiger charge is -2.14. The molecule has 6 nitrogen and oxygen atoms in total. The van der Waals surface area contributed by atoms with Gasteiger partial charge in [0.05, 0.1) is 11.3 Å². The summed E-state index contributed by atoms with van der Waals surface area (Å²) >= 11 is 0. The van der Waals surface area contributed by atoms with Gasteiger partial charge in [0.2, 0.25) is 0 Å². The fraction of sp³-hybridized carbons (Fsp3) is 0.250. The second-order valence-corrected chi connectivity index (χ2v) is 7.85. The molecule has 0 radical (unpaired) electrons. The minimum Gasteiger partial charge on any atom is -0.411 e. The van der Waals surface area contributed by atoms with E-state index in [1.165, 1.54) is 16.6 Å². The Kier molecular flexibility index (Phi) is 4.35. The Hall–Kier alpha value is -3.54. The Morgan fingerprint density at radius 2 is 1.40 bits per heavy atom. The zero-order valence-electron chi connectivity index (χ0n) is 17.1. The van der Waals surface area contributed by atoms with Crippen LogP contribution < -0.4 is 5.32 Å². The average Bonchev–Trinajstić information content (AvgIpc) is 3.42. The monoisotopic (exact) mass is 400 g/mol. The first-order valence-electron chi connectivity index (χ1n) is 10.2. The van der Waals surface area contributed by atoms with E-state index in [2.05, 4.69) is 44.9 Å². The van der Waals surface area contributed by atoms with Crippen molar-refractivity contribution in [2.75, 3.05) is 6.54 Å². The maximum Gasteiger partial charge on any atom is 0.253 e. The number of carbonyl (C=O) groups is 1. The van der Waals surface area contributed by atoms with Crippen molar-refractivity contribution in [3.05, 3.63) is 71.0 Å². The molecule has 6 rings (SSSR count). The standard InChI is InChI=1S/2C12H12N2O/c1-14-10-5-3-2-4-8(10)12-9(13-15)6-7-11(12)14;1-14-9-5-3-2-4-8(9)11-10(14)6-7-13-12(11)15/h2-5,15H,6-7H2,1H3;2-5H,6-7H2,1H3,(H,13,15). The summed E-state index contributed by atoms with van der Waals surface area (Å²) in [7, 11) is 4.10. The lowest BCUT2D eigenvalue weighted by molar-refractivity contribution is 0.0947. The molecule has 30 heavy (non-hydrogen) atoms. The van der Waals surface area contributed by atoms with E-state index in [9.17, 15) is 4.79 Å². The number of oxime groups is 1. The smallest absolute Gasteiger partial charge is 0.253 e. The summed E-state index contributed by atoms with van der Waals surface area (Å²) in [6.07, 6.45) is 2.74. The van der Waals surface area contributed by atoms with Gasteiger partial charge in [-0.3, -0.25) is 4.79 Å². The van der Waals surface area contributed by atoms with Crippen molar-refractivity contribution < 1.29 is 10.0 Å². The summed E-state index contributed by atoms with van der Waals surface area (Å²) in [6.45, 7) is 0.746. The van der Waals surface area contributed by atoms with Crippen LogP contribution in [0.15, 0.2) is 53.7 Å². The summed E-state index contributed by atoms with van der Waals surface area (Å²) < 4.78 is 4.33. The molecule has 0 saturated carbocycles. The van der Waals surface area contributed by atoms with Crippen molar-refractivity contribution in [2.45, 2.75) is 19.3 Å². The molecular weight excluding hydrogens is 376 g/mol. The normalized spacial score (nSPS) is 16.3. The van der Waals surface area contributed by atoms with E-state index < -0.39 is 0 Å². The quantitative estimate of drug-likeness (QED) is 0.348. The van der Waals surface area contributed by atoms with E-state index >= 15 is 0 Å². The molecule has 1 aliphatic carbocycles. The molecule has 3 heterocycles. The number of benzene rings is 2. The number of aryl methyl sites for hydroxylation is 2. The maximum atomic E-state index is 11.8. The molecule has 0 atom stereocenters. The van der Waals surface area contributed by atoms with Crippen molar-refractivity contribution in [3.8, 4) is 0 Å². The van der Waals surface area contributed by atoms with E-state index in [0.717, 1.165) is 59.2 Å². The molecule has 0 spiro atoms. The molecule has 0 saturated heterocycles. The van der Waals surface area contributed by atoms with E-state index in [1.807, 2.05) is 37.4 Å². The third-order valence-electron chi connectivity index (χ3n) is 6.34. The Bertz CT molecular complexity index is 1330. The lowest BCUT2D eigenvalue weighted by atomic mass is 10.1. The largest absolute Gasteiger partial charge is 0.411 e. The highest BCUT2D eigenvalue weighted by atomic mass is 16.4. The van der Waals surface area contributed by atoms with Crippen molar-refractivity contribution >= 4 is 33.4 Å². The summed E-state index contributed by atoms with van der Waals surface area (Å²) in [5.74, 6) is 0.0630. The van der Waals surface area contributed by atoms with Gasteiger partial charge in [0.15, 0.2) is 0 Å². The van der Waals surface area contributed by atoms with Crippen LogP contribution in [0.25, 0.3) is 21.8 Å². The molecule has 0 fully saturated rings. The van der Waals surface area contributed by atoms with Crippen LogP contribution in [0.2, 0.25) is 0 Å². The number of hydrogen-bond acceptors (Lipinski definition) is 3. The van der Waals surface area contributed by atoms with Crippen LogP contribution in [-0.4, -0.2) is 32.5 Å². The number of nitrogens with zero attached hydrogens (tertiary/aromatic N) is 3. The molecule has 152 valence electrons. The Morgan fingerprint density at radius 3 is 2.03 bits per heavy atom. The van der Waals surface area contributed by atoms with Gasteiger partial charge in [0, 0.05) is 65.8 Å². The zero-order valence-corrected chi connectivity index (χ0v) is 17.1. The van der Waals surface area contributed by atoms with Crippen molar-refractivity contribution in [1.29, 1.82) is 0 Å². The molecule has 1 aliphatic heterocycles. The molecule has 4 aromatic rings. The number of carbonyl (C=O) groups excluding carboxylic acids is 1. The van der Waals surface area contributed by atoms with Gasteiger partial charge >= 0.3 is 0 Å². The van der Waals surface area contributed by atoms with Gasteiger partial charge in [-0.05, 0) is 25.0 Å². The van der Waals surface area contributed by atoms with Crippen LogP contribution in [-0.2, 0) is 26.9 Å². The van der Waals surface area contributed by atoms with Crippen molar-refractivity contribution in [1.82, 2.24) is 14.5 Å². The second-order valence-electron chi connectivity index (χ2n) is 7.85. The van der Waals surface area contributed by atoms with Gasteiger partial charge in [-0.15, -0.1) is 0 Å². The van der Waals surface area contributed by atoms with Gasteiger partial charge in [0.25, 0.3) is 5.91 Å². The Labute approximate surface area is 174 Å². The fourth-order valence-corrected chi connectivity index (χ4v) is 4.90. The van der Waals surface area contributed by atoms with Crippen molar-refractivity contribution in [3.63, 3.8) is 0 Å². The summed E-state index contributed by atoms with van der Waals surface area (Å²) in [5.41, 5.74) is 7.60. The molecule has 1 amide bonds. The second kappa shape index (κ2) is 7.06. The molecule has 2 aromatic heterocycles. The SMILES string of the molecule is Cn1c2c(c3ccccc31)C(=NO)CC2.Cn1c2c(c3ccccc31)C(=O)NCC2. The summed E-state index contributed by atoms with van der Waals surface area (Å²) in [5, 5.41) is 17.5. The van der Waals surface area contributed by atoms with Crippen LogP contribution >= 0.6 is 0 Å². The number of nitrogens with one attached hydrogen (secondary N) is 1. The van der Waals surface area contributed by atoms with Crippen molar-refractivity contribution in [2.24, 2.45) is 19.3 Å². The highest BCUT2D eigenvalue weighted by Gasteiger charge is 2.25. The first-order chi connectivity index (χ1) is 14.6. The van der Waals surface area contributed by atoms with Crippen LogP contribution in [0, 0.1) is 0 Å². The predicted octanol–water partition coefficient (Wildman–Crippen LogP) is 3.77. The molecule has 0 bridgehead atoms. The van der Waals surface area contributed by atoms with E-state index in [4.69, 9.17) is 5.21 Å². The maximum absolute atomic E-state index is 11.8. The predicted molar refractivity (Wildman–Crippen MR) is 119 cm³/mol. The van der Waals surface area contributed by atoms with E-state index in [-0.39, 0.29) is 5.91 Å². The number of amides is 1. The Morgan fingerprint density at radius 1 is 0.833 bits per heavy atom. The Balaban J connectivity index is 0.000000128. The van der Waals surface area contributed by atoms with Crippen LogP contribution in [0.1, 0.15) is 33.7 Å². The van der Waals surface area contributed by atoms with Gasteiger partial charge in [0.1, 0.15) is 0 Å². The molecule has 6 heteroatoms. The van der Waals surface area contributed by atoms with Gasteiger partial charge < -0.3 is 19.7 Å². The third kappa shape index (κ3) is 2.64. The number of fused-ring (bicyclic) bond motifs is 6. The fourth-order valence-electron chi connectivity index (χ4n) is 4.90. The highest BCUT2D eigenvalue weighted by molar-refractivity contribution is 6.14. The summed E-state index contributed by atoms with van der Waals surface area (Å²) in [6, 6.07) is 16.3. The lowest BCUT2D eigenvalue weighted by Crippen LogP contribution is -2.32. The van der Waals surface area contributed by atoms with Crippen LogP contribution in [0.4, 0.5) is 0 Å². The molecule has 2 aliphatic rings. The third-order valence-corrected chi connectivity index (χ3v) is 6.34. The van der Waals surface area contributed by atoms with Crippen LogP contribution in [0.5, 0.6) is 0 Å². The molecule has 2 aromatic carbocycles. The number of para-hydroxylation sites is 2. The highest BCUT2D eigenvalue weighted by Crippen LogP contribution is 2.32. The number of aromatic nitrogens is 2. The van der Waals surface area contributed by atoms with Gasteiger partial charge in [-0.1, -0.05) is 41.6 Å². The van der Waals surface area contributed by atoms with Crippen LogP contribution in [0.3, 0.4) is 0 Å². The summed E-state index contributed by atoms with van der Waals surface area (Å²) in [4.78, 5) is 11.8. The molecular formula is C24H24N4O2. The number of hydrogen-bond donors (Lipinski definition) is 2. The van der Waals surface area contributed by atoms with E-state index in [1.54, 1.807) is 0 Å². The molecule has 0 unspecified atom stereocenters. The van der Waals surface area contributed by atoms with Gasteiger partial charge in [-0.25, -0.2) is 0 Å². The minimum atomic E-state index is 0.0630. The van der Waals surface area contributed by atoms with Gasteiger partial charge in [-0.2, -0.15) is 0 Å². The zero-order chi connectivity index (χ0) is 20.8. The number of rotatable bonds is 0. The minimum absolute atomic E-state index is 0.0630. The average molecular weight is 400 g/mol. The van der Waals surface area contributed by atoms with E-state index in [0.29, 0.717) is 0 Å². The first kappa shape index (κ1) is 18.5. The molecule has 2 N–H and O–H groups in total. The topological polar surface area (TPSA) is 71.5 Å².